The van der Waals surface area contributed by atoms with Crippen molar-refractivity contribution in [3.8, 4) is 0 Å². The lowest BCUT2D eigenvalue weighted by Gasteiger charge is -2.08. The highest BCUT2D eigenvalue weighted by Crippen LogP contribution is 2.13. The molecule has 0 atom stereocenters. The lowest BCUT2D eigenvalue weighted by Crippen LogP contribution is -2.23. The first-order valence-electron chi connectivity index (χ1n) is 5.24. The summed E-state index contributed by atoms with van der Waals surface area (Å²) in [6.07, 6.45) is 1.50. The number of methoxy groups -OCH3 is 1. The predicted octanol–water partition coefficient (Wildman–Crippen LogP) is -0.344. The summed E-state index contributed by atoms with van der Waals surface area (Å²) in [6, 6.07) is 0. The van der Waals surface area contributed by atoms with Gasteiger partial charge in [-0.1, -0.05) is 12.2 Å². The fourth-order valence-corrected chi connectivity index (χ4v) is 1.39. The smallest absolute Gasteiger partial charge is 0.251 e. The Bertz CT molecular complexity index is 433. The van der Waals surface area contributed by atoms with Crippen molar-refractivity contribution in [2.24, 2.45) is 12.8 Å². The SMILES string of the molecule is COCCOCC(=O)Nc1c(C(N)=S)cnn1C. The molecular weight excluding hydrogens is 256 g/mol. The van der Waals surface area contributed by atoms with Crippen LogP contribution in [0.5, 0.6) is 0 Å². The second-order valence-corrected chi connectivity index (χ2v) is 3.93. The molecule has 0 aliphatic heterocycles. The van der Waals surface area contributed by atoms with E-state index < -0.39 is 0 Å². The Labute approximate surface area is 110 Å². The molecule has 0 aliphatic rings. The first kappa shape index (κ1) is 14.6. The number of hydrogen-bond acceptors (Lipinski definition) is 5. The van der Waals surface area contributed by atoms with Gasteiger partial charge in [-0.05, 0) is 0 Å². The van der Waals surface area contributed by atoms with Gasteiger partial charge >= 0.3 is 0 Å². The summed E-state index contributed by atoms with van der Waals surface area (Å²) in [7, 11) is 3.25. The van der Waals surface area contributed by atoms with Gasteiger partial charge in [0.15, 0.2) is 0 Å². The number of aromatic nitrogens is 2. The Morgan fingerprint density at radius 1 is 1.61 bits per heavy atom. The van der Waals surface area contributed by atoms with E-state index in [0.717, 1.165) is 0 Å². The number of amides is 1. The molecule has 1 aromatic rings. The zero-order valence-corrected chi connectivity index (χ0v) is 11.1. The van der Waals surface area contributed by atoms with Gasteiger partial charge in [0.25, 0.3) is 5.91 Å². The Morgan fingerprint density at radius 3 is 2.94 bits per heavy atom. The number of nitrogens with zero attached hydrogens (tertiary/aromatic N) is 2. The molecule has 0 unspecified atom stereocenters. The standard InChI is InChI=1S/C10H16N4O3S/c1-14-10(7(5-12-14)9(11)18)13-8(15)6-17-4-3-16-2/h5H,3-4,6H2,1-2H3,(H2,11,18)(H,13,15). The predicted molar refractivity (Wildman–Crippen MR) is 70.4 cm³/mol. The van der Waals surface area contributed by atoms with Crippen LogP contribution < -0.4 is 11.1 Å². The van der Waals surface area contributed by atoms with Crippen LogP contribution in [0.1, 0.15) is 5.56 Å². The number of rotatable bonds is 7. The molecule has 0 fully saturated rings. The average molecular weight is 272 g/mol. The van der Waals surface area contributed by atoms with Gasteiger partial charge in [-0.25, -0.2) is 0 Å². The molecule has 1 aromatic heterocycles. The van der Waals surface area contributed by atoms with Gasteiger partial charge in [0.2, 0.25) is 0 Å². The maximum Gasteiger partial charge on any atom is 0.251 e. The van der Waals surface area contributed by atoms with Crippen LogP contribution in [-0.4, -0.2) is 47.6 Å². The molecule has 1 heterocycles. The molecule has 8 heteroatoms. The van der Waals surface area contributed by atoms with Gasteiger partial charge in [-0.2, -0.15) is 5.10 Å². The van der Waals surface area contributed by atoms with Crippen LogP contribution in [-0.2, 0) is 21.3 Å². The van der Waals surface area contributed by atoms with Gasteiger partial charge in [0, 0.05) is 14.2 Å². The van der Waals surface area contributed by atoms with Crippen LogP contribution >= 0.6 is 12.2 Å². The third-order valence-electron chi connectivity index (χ3n) is 2.13. The van der Waals surface area contributed by atoms with E-state index in [9.17, 15) is 4.79 Å². The average Bonchev–Trinajstić information content (AvgIpc) is 2.67. The summed E-state index contributed by atoms with van der Waals surface area (Å²) in [5.74, 6) is 0.162. The molecule has 1 amide bonds. The molecule has 100 valence electrons. The fourth-order valence-electron chi connectivity index (χ4n) is 1.24. The van der Waals surface area contributed by atoms with Gasteiger partial charge in [-0.3, -0.25) is 9.48 Å². The van der Waals surface area contributed by atoms with E-state index in [4.69, 9.17) is 27.4 Å². The molecule has 0 bridgehead atoms. The van der Waals surface area contributed by atoms with Crippen LogP contribution in [0.2, 0.25) is 0 Å². The van der Waals surface area contributed by atoms with E-state index in [2.05, 4.69) is 10.4 Å². The molecule has 0 saturated heterocycles. The van der Waals surface area contributed by atoms with E-state index in [0.29, 0.717) is 24.6 Å². The Balaban J connectivity index is 2.53. The van der Waals surface area contributed by atoms with E-state index >= 15 is 0 Å². The van der Waals surface area contributed by atoms with Crippen LogP contribution in [0, 0.1) is 0 Å². The van der Waals surface area contributed by atoms with Crippen LogP contribution in [0.25, 0.3) is 0 Å². The van der Waals surface area contributed by atoms with Gasteiger partial charge in [0.1, 0.15) is 17.4 Å². The van der Waals surface area contributed by atoms with E-state index in [1.807, 2.05) is 0 Å². The number of nitrogens with two attached hydrogens (primary N) is 1. The lowest BCUT2D eigenvalue weighted by molar-refractivity contribution is -0.121. The zero-order chi connectivity index (χ0) is 13.5. The molecule has 7 nitrogen and oxygen atoms in total. The fraction of sp³-hybridized carbons (Fsp3) is 0.500. The zero-order valence-electron chi connectivity index (χ0n) is 10.3. The number of thiocarbonyl (C=S) groups is 1. The number of nitrogens with one attached hydrogen (secondary N) is 1. The summed E-state index contributed by atoms with van der Waals surface area (Å²) in [6.45, 7) is 0.736. The monoisotopic (exact) mass is 272 g/mol. The number of anilines is 1. The largest absolute Gasteiger partial charge is 0.389 e. The quantitative estimate of drug-likeness (QED) is 0.521. The van der Waals surface area contributed by atoms with Gasteiger partial charge < -0.3 is 20.5 Å². The van der Waals surface area contributed by atoms with Crippen molar-refractivity contribution in [1.29, 1.82) is 0 Å². The van der Waals surface area contributed by atoms with Crippen molar-refractivity contribution in [3.05, 3.63) is 11.8 Å². The summed E-state index contributed by atoms with van der Waals surface area (Å²) in [5.41, 5.74) is 6.05. The molecule has 0 aromatic carbocycles. The maximum atomic E-state index is 11.6. The number of hydrogen-bond donors (Lipinski definition) is 2. The first-order chi connectivity index (χ1) is 8.56. The molecular formula is C10H16N4O3S. The summed E-state index contributed by atoms with van der Waals surface area (Å²) in [5, 5.41) is 6.62. The molecule has 3 N–H and O–H groups in total. The van der Waals surface area contributed by atoms with Gasteiger partial charge in [-0.15, -0.1) is 0 Å². The van der Waals surface area contributed by atoms with Crippen molar-refractivity contribution in [3.63, 3.8) is 0 Å². The van der Waals surface area contributed by atoms with Crippen molar-refractivity contribution in [1.82, 2.24) is 9.78 Å². The van der Waals surface area contributed by atoms with E-state index in [1.165, 1.54) is 10.9 Å². The number of carbonyl (C=O) groups excluding carboxylic acids is 1. The van der Waals surface area contributed by atoms with Gasteiger partial charge in [0.05, 0.1) is 25.0 Å². The minimum absolute atomic E-state index is 0.0642. The van der Waals surface area contributed by atoms with Crippen LogP contribution in [0.4, 0.5) is 5.82 Å². The van der Waals surface area contributed by atoms with Crippen LogP contribution in [0.3, 0.4) is 0 Å². The Morgan fingerprint density at radius 2 is 2.33 bits per heavy atom. The number of aryl methyl sites for hydroxylation is 1. The summed E-state index contributed by atoms with van der Waals surface area (Å²) in [4.78, 5) is 11.8. The second kappa shape index (κ2) is 7.04. The topological polar surface area (TPSA) is 91.4 Å². The minimum atomic E-state index is -0.299. The third-order valence-corrected chi connectivity index (χ3v) is 2.35. The Hall–Kier alpha value is -1.51. The van der Waals surface area contributed by atoms with Crippen molar-refractivity contribution >= 4 is 28.9 Å². The highest BCUT2D eigenvalue weighted by Gasteiger charge is 2.13. The molecule has 0 aliphatic carbocycles. The summed E-state index contributed by atoms with van der Waals surface area (Å²) >= 11 is 4.86. The van der Waals surface area contributed by atoms with Crippen LogP contribution in [0.15, 0.2) is 6.20 Å². The van der Waals surface area contributed by atoms with E-state index in [-0.39, 0.29) is 17.5 Å². The normalized spacial score (nSPS) is 10.3. The third kappa shape index (κ3) is 4.06. The molecule has 0 saturated carbocycles. The maximum absolute atomic E-state index is 11.6. The molecule has 0 spiro atoms. The van der Waals surface area contributed by atoms with Crippen molar-refractivity contribution in [2.75, 3.05) is 32.2 Å². The molecule has 1 rings (SSSR count). The highest BCUT2D eigenvalue weighted by molar-refractivity contribution is 7.80. The Kier molecular flexibility index (Phi) is 5.69. The first-order valence-corrected chi connectivity index (χ1v) is 5.65. The molecule has 0 radical (unpaired) electrons. The molecule has 18 heavy (non-hydrogen) atoms. The number of ether oxygens (including phenoxy) is 2. The van der Waals surface area contributed by atoms with Crippen molar-refractivity contribution in [2.45, 2.75) is 0 Å². The van der Waals surface area contributed by atoms with Crippen molar-refractivity contribution < 1.29 is 14.3 Å². The minimum Gasteiger partial charge on any atom is -0.389 e. The summed E-state index contributed by atoms with van der Waals surface area (Å²) < 4.78 is 11.4. The number of carbonyl (C=O) groups is 1. The highest BCUT2D eigenvalue weighted by atomic mass is 32.1. The lowest BCUT2D eigenvalue weighted by atomic mass is 10.3. The second-order valence-electron chi connectivity index (χ2n) is 3.49. The van der Waals surface area contributed by atoms with E-state index in [1.54, 1.807) is 14.2 Å².